The molecule has 6 heteroatoms. The van der Waals surface area contributed by atoms with E-state index in [0.29, 0.717) is 10.8 Å². The van der Waals surface area contributed by atoms with Gasteiger partial charge in [0.05, 0.1) is 0 Å². The summed E-state index contributed by atoms with van der Waals surface area (Å²) < 4.78 is 27.8. The van der Waals surface area contributed by atoms with Crippen LogP contribution >= 0.6 is 11.3 Å². The third-order valence-corrected chi connectivity index (χ3v) is 7.68. The fourth-order valence-corrected chi connectivity index (χ4v) is 6.13. The lowest BCUT2D eigenvalue weighted by atomic mass is 10.2. The van der Waals surface area contributed by atoms with E-state index in [0.717, 1.165) is 50.1 Å². The number of hydrogen-bond donors (Lipinski definition) is 1. The largest absolute Gasteiger partial charge is 0.317 e. The fraction of sp³-hybridized carbons (Fsp3) is 0.733. The minimum atomic E-state index is -3.31. The average Bonchev–Trinajstić information content (AvgIpc) is 3.11. The molecule has 0 bridgehead atoms. The molecular weight excluding hydrogens is 304 g/mol. The summed E-state index contributed by atoms with van der Waals surface area (Å²) in [5.41, 5.74) is 0. The Morgan fingerprint density at radius 1 is 1.29 bits per heavy atom. The van der Waals surface area contributed by atoms with Gasteiger partial charge in [0.1, 0.15) is 4.21 Å². The highest BCUT2D eigenvalue weighted by Gasteiger charge is 2.32. The van der Waals surface area contributed by atoms with Crippen molar-refractivity contribution in [3.05, 3.63) is 17.0 Å². The number of rotatable bonds is 8. The molecule has 0 spiro atoms. The highest BCUT2D eigenvalue weighted by molar-refractivity contribution is 7.91. The van der Waals surface area contributed by atoms with Gasteiger partial charge in [-0.05, 0) is 44.5 Å². The van der Waals surface area contributed by atoms with Gasteiger partial charge in [0, 0.05) is 17.5 Å². The van der Waals surface area contributed by atoms with E-state index in [1.807, 2.05) is 13.0 Å². The molecule has 120 valence electrons. The van der Waals surface area contributed by atoms with Crippen LogP contribution in [-0.4, -0.2) is 38.4 Å². The summed E-state index contributed by atoms with van der Waals surface area (Å²) in [5, 5.41) is 3.27. The Hall–Kier alpha value is -0.430. The number of nitrogens with zero attached hydrogens (tertiary/aromatic N) is 1. The van der Waals surface area contributed by atoms with Crippen LogP contribution in [0.4, 0.5) is 0 Å². The monoisotopic (exact) mass is 330 g/mol. The molecule has 0 aliphatic heterocycles. The van der Waals surface area contributed by atoms with Crippen LogP contribution in [0.2, 0.25) is 0 Å². The first-order valence-corrected chi connectivity index (χ1v) is 10.2. The molecule has 1 N–H and O–H groups in total. The van der Waals surface area contributed by atoms with Crippen LogP contribution in [0.25, 0.3) is 0 Å². The summed E-state index contributed by atoms with van der Waals surface area (Å²) in [4.78, 5) is 1.14. The van der Waals surface area contributed by atoms with Gasteiger partial charge in [-0.1, -0.05) is 26.7 Å². The summed E-state index contributed by atoms with van der Waals surface area (Å²) in [6, 6.07) is 3.93. The molecule has 4 nitrogen and oxygen atoms in total. The fourth-order valence-electron chi connectivity index (χ4n) is 2.95. The van der Waals surface area contributed by atoms with E-state index in [1.165, 1.54) is 11.3 Å². The molecule has 1 aromatic rings. The highest BCUT2D eigenvalue weighted by Crippen LogP contribution is 2.31. The third-order valence-electron chi connectivity index (χ3n) is 4.04. The van der Waals surface area contributed by atoms with Crippen LogP contribution < -0.4 is 5.32 Å². The zero-order valence-electron chi connectivity index (χ0n) is 13.0. The molecular formula is C15H26N2O2S2. The van der Waals surface area contributed by atoms with Gasteiger partial charge in [0.15, 0.2) is 0 Å². The Morgan fingerprint density at radius 2 is 2.00 bits per heavy atom. The van der Waals surface area contributed by atoms with E-state index < -0.39 is 10.0 Å². The summed E-state index contributed by atoms with van der Waals surface area (Å²) in [6.07, 6.45) is 5.20. The van der Waals surface area contributed by atoms with E-state index in [9.17, 15) is 8.42 Å². The van der Waals surface area contributed by atoms with Crippen LogP contribution in [0, 0.1) is 0 Å². The first kappa shape index (κ1) is 16.9. The quantitative estimate of drug-likeness (QED) is 0.746. The first-order valence-electron chi connectivity index (χ1n) is 7.90. The predicted octanol–water partition coefficient (Wildman–Crippen LogP) is 2.85. The number of nitrogens with one attached hydrogen (secondary N) is 1. The molecule has 0 atom stereocenters. The summed E-state index contributed by atoms with van der Waals surface area (Å²) in [7, 11) is -3.31. The SMILES string of the molecule is CCNCCc1ccc(S(=O)(=O)N(CC)C2CCCC2)s1. The van der Waals surface area contributed by atoms with E-state index in [-0.39, 0.29) is 6.04 Å². The Bertz CT molecular complexity index is 534. The summed E-state index contributed by atoms with van der Waals surface area (Å²) in [6.45, 7) is 6.43. The van der Waals surface area contributed by atoms with Crippen molar-refractivity contribution in [1.29, 1.82) is 0 Å². The zero-order valence-corrected chi connectivity index (χ0v) is 14.6. The highest BCUT2D eigenvalue weighted by atomic mass is 32.2. The number of sulfonamides is 1. The van der Waals surface area contributed by atoms with E-state index in [1.54, 1.807) is 10.4 Å². The van der Waals surface area contributed by atoms with Crippen molar-refractivity contribution >= 4 is 21.4 Å². The molecule has 0 radical (unpaired) electrons. The van der Waals surface area contributed by atoms with Crippen molar-refractivity contribution in [1.82, 2.24) is 9.62 Å². The topological polar surface area (TPSA) is 49.4 Å². The lowest BCUT2D eigenvalue weighted by Gasteiger charge is -2.25. The molecule has 1 aliphatic rings. The molecule has 0 unspecified atom stereocenters. The Kier molecular flexibility index (Phi) is 6.22. The van der Waals surface area contributed by atoms with Crippen molar-refractivity contribution in [3.63, 3.8) is 0 Å². The lowest BCUT2D eigenvalue weighted by Crippen LogP contribution is -2.38. The van der Waals surface area contributed by atoms with Crippen LogP contribution in [0.3, 0.4) is 0 Å². The van der Waals surface area contributed by atoms with Crippen LogP contribution in [0.15, 0.2) is 16.3 Å². The Labute approximate surface area is 132 Å². The van der Waals surface area contributed by atoms with Gasteiger partial charge in [-0.15, -0.1) is 11.3 Å². The third kappa shape index (κ3) is 4.06. The average molecular weight is 331 g/mol. The van der Waals surface area contributed by atoms with Crippen LogP contribution in [0.1, 0.15) is 44.4 Å². The standard InChI is InChI=1S/C15H26N2O2S2/c1-3-16-12-11-14-9-10-15(20-14)21(18,19)17(4-2)13-7-5-6-8-13/h9-10,13,16H,3-8,11-12H2,1-2H3. The lowest BCUT2D eigenvalue weighted by molar-refractivity contribution is 0.336. The molecule has 21 heavy (non-hydrogen) atoms. The zero-order chi connectivity index (χ0) is 15.3. The molecule has 1 fully saturated rings. The molecule has 1 saturated carbocycles. The molecule has 1 heterocycles. The second-order valence-corrected chi connectivity index (χ2v) is 8.76. The molecule has 0 amide bonds. The van der Waals surface area contributed by atoms with Crippen molar-refractivity contribution in [2.75, 3.05) is 19.6 Å². The van der Waals surface area contributed by atoms with Gasteiger partial charge < -0.3 is 5.32 Å². The maximum atomic E-state index is 12.8. The second-order valence-electron chi connectivity index (χ2n) is 5.47. The molecule has 1 aromatic heterocycles. The predicted molar refractivity (Wildman–Crippen MR) is 88.4 cm³/mol. The molecule has 2 rings (SSSR count). The van der Waals surface area contributed by atoms with Gasteiger partial charge in [-0.3, -0.25) is 0 Å². The van der Waals surface area contributed by atoms with Crippen molar-refractivity contribution in [2.24, 2.45) is 0 Å². The summed E-state index contributed by atoms with van der Waals surface area (Å²) >= 11 is 1.42. The van der Waals surface area contributed by atoms with Gasteiger partial charge in [0.2, 0.25) is 0 Å². The molecule has 1 aliphatic carbocycles. The number of hydrogen-bond acceptors (Lipinski definition) is 4. The van der Waals surface area contributed by atoms with E-state index in [4.69, 9.17) is 0 Å². The van der Waals surface area contributed by atoms with E-state index >= 15 is 0 Å². The van der Waals surface area contributed by atoms with Gasteiger partial charge in [-0.25, -0.2) is 8.42 Å². The first-order chi connectivity index (χ1) is 10.1. The van der Waals surface area contributed by atoms with Crippen LogP contribution in [-0.2, 0) is 16.4 Å². The van der Waals surface area contributed by atoms with Gasteiger partial charge >= 0.3 is 0 Å². The Morgan fingerprint density at radius 3 is 2.62 bits per heavy atom. The number of likely N-dealkylation sites (N-methyl/N-ethyl adjacent to an activating group) is 1. The summed E-state index contributed by atoms with van der Waals surface area (Å²) in [5.74, 6) is 0. The minimum Gasteiger partial charge on any atom is -0.317 e. The maximum Gasteiger partial charge on any atom is 0.252 e. The van der Waals surface area contributed by atoms with Crippen LogP contribution in [0.5, 0.6) is 0 Å². The normalized spacial score (nSPS) is 16.9. The van der Waals surface area contributed by atoms with Crippen molar-refractivity contribution in [2.45, 2.75) is 56.2 Å². The Balaban J connectivity index is 2.10. The minimum absolute atomic E-state index is 0.201. The maximum absolute atomic E-state index is 12.8. The van der Waals surface area contributed by atoms with Gasteiger partial charge in [-0.2, -0.15) is 4.31 Å². The smallest absolute Gasteiger partial charge is 0.252 e. The molecule has 0 saturated heterocycles. The second kappa shape index (κ2) is 7.72. The van der Waals surface area contributed by atoms with E-state index in [2.05, 4.69) is 12.2 Å². The number of thiophene rings is 1. The molecule has 0 aromatic carbocycles. The van der Waals surface area contributed by atoms with Crippen molar-refractivity contribution < 1.29 is 8.42 Å². The van der Waals surface area contributed by atoms with Crippen molar-refractivity contribution in [3.8, 4) is 0 Å². The van der Waals surface area contributed by atoms with Gasteiger partial charge in [0.25, 0.3) is 10.0 Å².